The lowest BCUT2D eigenvalue weighted by Gasteiger charge is -2.30. The Bertz CT molecular complexity index is 934. The Balaban J connectivity index is 1.47. The second kappa shape index (κ2) is 9.90. The molecular weight excluding hydrogens is 414 g/mol. The Morgan fingerprint density at radius 3 is 2.71 bits per heavy atom. The lowest BCUT2D eigenvalue weighted by molar-refractivity contribution is 0.0182. The van der Waals surface area contributed by atoms with Crippen molar-refractivity contribution < 1.29 is 9.47 Å². The van der Waals surface area contributed by atoms with Crippen molar-refractivity contribution in [3.63, 3.8) is 0 Å². The molecule has 164 valence electrons. The number of pyridine rings is 1. The third-order valence-electron chi connectivity index (χ3n) is 6.37. The number of ether oxygens (including phenoxy) is 2. The molecule has 2 aliphatic rings. The van der Waals surface area contributed by atoms with Gasteiger partial charge in [0.05, 0.1) is 34.6 Å². The summed E-state index contributed by atoms with van der Waals surface area (Å²) in [6.07, 6.45) is 11.6. The van der Waals surface area contributed by atoms with E-state index < -0.39 is 5.41 Å². The monoisotopic (exact) mass is 441 g/mol. The summed E-state index contributed by atoms with van der Waals surface area (Å²) in [7, 11) is 0. The maximum Gasteiger partial charge on any atom is 0.232 e. The van der Waals surface area contributed by atoms with E-state index in [1.54, 1.807) is 18.6 Å². The molecule has 31 heavy (non-hydrogen) atoms. The highest BCUT2D eigenvalue weighted by Gasteiger charge is 2.34. The molecule has 0 aromatic carbocycles. The highest BCUT2D eigenvalue weighted by Crippen LogP contribution is 2.32. The predicted molar refractivity (Wildman–Crippen MR) is 118 cm³/mol. The molecule has 0 bridgehead atoms. The van der Waals surface area contributed by atoms with Gasteiger partial charge in [-0.25, -0.2) is 4.98 Å². The topological polar surface area (TPSA) is 107 Å². The molecule has 2 aromatic heterocycles. The van der Waals surface area contributed by atoms with Crippen LogP contribution < -0.4 is 10.5 Å². The Kier molecular flexibility index (Phi) is 7.01. The van der Waals surface area contributed by atoms with Crippen LogP contribution in [-0.4, -0.2) is 40.8 Å². The van der Waals surface area contributed by atoms with E-state index in [0.29, 0.717) is 54.6 Å². The summed E-state index contributed by atoms with van der Waals surface area (Å²) in [6.45, 7) is 1.42. The molecule has 0 atom stereocenters. The van der Waals surface area contributed by atoms with Crippen molar-refractivity contribution in [3.8, 4) is 23.2 Å². The van der Waals surface area contributed by atoms with Crippen LogP contribution in [0.2, 0.25) is 5.02 Å². The van der Waals surface area contributed by atoms with Gasteiger partial charge in [0.1, 0.15) is 6.61 Å². The van der Waals surface area contributed by atoms with E-state index in [1.165, 1.54) is 0 Å². The molecule has 0 unspecified atom stereocenters. The molecule has 3 heterocycles. The maximum absolute atomic E-state index is 9.62. The van der Waals surface area contributed by atoms with Crippen LogP contribution in [0.4, 0.5) is 0 Å². The molecule has 2 aromatic rings. The fraction of sp³-hybridized carbons (Fsp3) is 0.565. The molecule has 7 nitrogen and oxygen atoms in total. The third kappa shape index (κ3) is 5.51. The molecule has 2 N–H and O–H groups in total. The molecule has 0 radical (unpaired) electrons. The number of hydrogen-bond acceptors (Lipinski definition) is 7. The number of nitriles is 1. The molecule has 2 fully saturated rings. The third-order valence-corrected chi connectivity index (χ3v) is 6.67. The van der Waals surface area contributed by atoms with Crippen LogP contribution in [0.25, 0.3) is 11.3 Å². The van der Waals surface area contributed by atoms with Crippen LogP contribution in [0, 0.1) is 22.7 Å². The summed E-state index contributed by atoms with van der Waals surface area (Å²) < 4.78 is 11.3. The summed E-state index contributed by atoms with van der Waals surface area (Å²) in [6, 6.07) is 4.74. The molecule has 0 amide bonds. The highest BCUT2D eigenvalue weighted by atomic mass is 35.5. The Morgan fingerprint density at radius 1 is 1.19 bits per heavy atom. The van der Waals surface area contributed by atoms with Crippen LogP contribution in [0.5, 0.6) is 5.88 Å². The van der Waals surface area contributed by atoms with Crippen molar-refractivity contribution in [3.05, 3.63) is 35.4 Å². The molecule has 4 rings (SSSR count). The minimum Gasteiger partial charge on any atom is -0.475 e. The molecule has 1 aliphatic heterocycles. The normalized spacial score (nSPS) is 23.1. The molecule has 1 saturated heterocycles. The lowest BCUT2D eigenvalue weighted by Crippen LogP contribution is -2.34. The van der Waals surface area contributed by atoms with Crippen LogP contribution in [0.3, 0.4) is 0 Å². The predicted octanol–water partition coefficient (Wildman–Crippen LogP) is 3.95. The van der Waals surface area contributed by atoms with Crippen molar-refractivity contribution in [2.24, 2.45) is 17.1 Å². The first-order valence-electron chi connectivity index (χ1n) is 10.9. The van der Waals surface area contributed by atoms with Gasteiger partial charge in [-0.3, -0.25) is 9.97 Å². The molecule has 1 aliphatic carbocycles. The van der Waals surface area contributed by atoms with Gasteiger partial charge in [0.15, 0.2) is 0 Å². The summed E-state index contributed by atoms with van der Waals surface area (Å²) >= 11 is 6.44. The van der Waals surface area contributed by atoms with Crippen molar-refractivity contribution in [1.82, 2.24) is 15.0 Å². The first-order chi connectivity index (χ1) is 15.1. The maximum atomic E-state index is 9.62. The van der Waals surface area contributed by atoms with Gasteiger partial charge in [-0.1, -0.05) is 11.6 Å². The van der Waals surface area contributed by atoms with Crippen LogP contribution in [0.15, 0.2) is 24.7 Å². The van der Waals surface area contributed by atoms with E-state index >= 15 is 0 Å². The average molecular weight is 442 g/mol. The van der Waals surface area contributed by atoms with Crippen LogP contribution in [-0.2, 0) is 11.2 Å². The van der Waals surface area contributed by atoms with Crippen LogP contribution in [0.1, 0.15) is 44.2 Å². The number of nitrogens with two attached hydrogens (primary N) is 1. The minimum atomic E-state index is -0.542. The van der Waals surface area contributed by atoms with Gasteiger partial charge in [-0.15, -0.1) is 0 Å². The van der Waals surface area contributed by atoms with E-state index in [-0.39, 0.29) is 6.61 Å². The van der Waals surface area contributed by atoms with Gasteiger partial charge in [0, 0.05) is 36.7 Å². The van der Waals surface area contributed by atoms with Crippen molar-refractivity contribution in [1.29, 1.82) is 5.26 Å². The van der Waals surface area contributed by atoms with Gasteiger partial charge in [0.25, 0.3) is 0 Å². The summed E-state index contributed by atoms with van der Waals surface area (Å²) in [5, 5.41) is 10.1. The molecular formula is C23H28ClN5O2. The second-order valence-electron chi connectivity index (χ2n) is 8.68. The van der Waals surface area contributed by atoms with E-state index in [9.17, 15) is 5.26 Å². The van der Waals surface area contributed by atoms with Crippen molar-refractivity contribution in [2.45, 2.75) is 51.0 Å². The molecule has 8 heteroatoms. The number of hydrogen-bond donors (Lipinski definition) is 1. The fourth-order valence-electron chi connectivity index (χ4n) is 4.29. The second-order valence-corrected chi connectivity index (χ2v) is 9.08. The zero-order valence-electron chi connectivity index (χ0n) is 17.6. The van der Waals surface area contributed by atoms with Crippen molar-refractivity contribution in [2.75, 3.05) is 19.8 Å². The summed E-state index contributed by atoms with van der Waals surface area (Å²) in [5.41, 5.74) is 7.91. The molecule has 0 spiro atoms. The average Bonchev–Trinajstić information content (AvgIpc) is 2.81. The Labute approximate surface area is 188 Å². The van der Waals surface area contributed by atoms with Gasteiger partial charge < -0.3 is 15.2 Å². The Morgan fingerprint density at radius 2 is 1.97 bits per heavy atom. The van der Waals surface area contributed by atoms with Gasteiger partial charge >= 0.3 is 0 Å². The van der Waals surface area contributed by atoms with E-state index in [1.807, 2.05) is 6.07 Å². The zero-order chi connectivity index (χ0) is 21.7. The SMILES string of the molecule is N#CC1(COc2cncc(-c3cc(CC4CCC(N)CC4)ncc3Cl)n2)CCOCC1. The Hall–Kier alpha value is -2.27. The van der Waals surface area contributed by atoms with Gasteiger partial charge in [-0.2, -0.15) is 5.26 Å². The number of aromatic nitrogens is 3. The fourth-order valence-corrected chi connectivity index (χ4v) is 4.49. The number of nitrogens with zero attached hydrogens (tertiary/aromatic N) is 4. The molecule has 1 saturated carbocycles. The van der Waals surface area contributed by atoms with Gasteiger partial charge in [0.2, 0.25) is 5.88 Å². The number of rotatable bonds is 6. The first-order valence-corrected chi connectivity index (χ1v) is 11.3. The lowest BCUT2D eigenvalue weighted by atomic mass is 9.83. The summed E-state index contributed by atoms with van der Waals surface area (Å²) in [4.78, 5) is 13.4. The highest BCUT2D eigenvalue weighted by molar-refractivity contribution is 6.33. The quantitative estimate of drug-likeness (QED) is 0.722. The van der Waals surface area contributed by atoms with E-state index in [2.05, 4.69) is 21.0 Å². The number of halogens is 1. The van der Waals surface area contributed by atoms with E-state index in [0.717, 1.165) is 43.4 Å². The standard InChI is InChI=1S/C23H28ClN5O2/c24-20-11-28-18(9-16-1-3-17(26)4-2-16)10-19(20)21-12-27-13-22(29-21)31-15-23(14-25)5-7-30-8-6-23/h10-13,16-17H,1-9,15,26H2. The van der Waals surface area contributed by atoms with E-state index in [4.69, 9.17) is 26.8 Å². The minimum absolute atomic E-state index is 0.268. The van der Waals surface area contributed by atoms with Crippen LogP contribution >= 0.6 is 11.6 Å². The summed E-state index contributed by atoms with van der Waals surface area (Å²) in [5.74, 6) is 0.984. The first kappa shape index (κ1) is 21.9. The zero-order valence-corrected chi connectivity index (χ0v) is 18.4. The van der Waals surface area contributed by atoms with Crippen molar-refractivity contribution >= 4 is 11.6 Å². The largest absolute Gasteiger partial charge is 0.475 e. The van der Waals surface area contributed by atoms with Gasteiger partial charge in [-0.05, 0) is 56.9 Å². The smallest absolute Gasteiger partial charge is 0.232 e.